The van der Waals surface area contributed by atoms with Crippen molar-refractivity contribution in [2.24, 2.45) is 5.41 Å². The fourth-order valence-corrected chi connectivity index (χ4v) is 0.401. The van der Waals surface area contributed by atoms with Gasteiger partial charge in [0, 0.05) is 11.6 Å². The molecule has 0 N–H and O–H groups in total. The van der Waals surface area contributed by atoms with Gasteiger partial charge in [-0.25, -0.2) is 0 Å². The fraction of sp³-hybridized carbons (Fsp3) is 0.625. The summed E-state index contributed by atoms with van der Waals surface area (Å²) in [4.78, 5) is 21.4. The minimum atomic E-state index is -0.425. The molecule has 0 aromatic heterocycles. The summed E-state index contributed by atoms with van der Waals surface area (Å²) < 4.78 is 0. The van der Waals surface area contributed by atoms with Crippen LogP contribution in [0.25, 0.3) is 0 Å². The van der Waals surface area contributed by atoms with Crippen LogP contribution in [0.15, 0.2) is 0 Å². The van der Waals surface area contributed by atoms with Crippen LogP contribution in [0.3, 0.4) is 0 Å². The van der Waals surface area contributed by atoms with E-state index in [1.807, 2.05) is 0 Å². The minimum absolute atomic E-state index is 0. The summed E-state index contributed by atoms with van der Waals surface area (Å²) in [7, 11) is 0. The molecule has 0 unspecified atom stereocenters. The van der Waals surface area contributed by atoms with E-state index < -0.39 is 5.41 Å². The second kappa shape index (κ2) is 4.96. The summed E-state index contributed by atoms with van der Waals surface area (Å²) in [6, 6.07) is 0. The second-order valence-corrected chi connectivity index (χ2v) is 3.37. The quantitative estimate of drug-likeness (QED) is 0.280. The van der Waals surface area contributed by atoms with E-state index >= 15 is 0 Å². The van der Waals surface area contributed by atoms with Gasteiger partial charge in [-0.3, -0.25) is 6.42 Å². The first-order valence-electron chi connectivity index (χ1n) is 3.24. The Morgan fingerprint density at radius 3 is 1.64 bits per heavy atom. The molecule has 0 bridgehead atoms. The summed E-state index contributed by atoms with van der Waals surface area (Å²) >= 11 is 0. The Labute approximate surface area is 90.0 Å². The maximum atomic E-state index is 11.0. The molecule has 0 aromatic rings. The van der Waals surface area contributed by atoms with Crippen LogP contribution in [0.5, 0.6) is 0 Å². The number of ketones is 2. The molecule has 0 aliphatic rings. The maximum Gasteiger partial charge on any atom is 1.00 e. The molecule has 58 valence electrons. The molecular formula is C8H13NaO2. The molecule has 2 nitrogen and oxygen atoms in total. The van der Waals surface area contributed by atoms with Crippen LogP contribution in [0.2, 0.25) is 0 Å². The molecular weight excluding hydrogens is 151 g/mol. The van der Waals surface area contributed by atoms with Crippen molar-refractivity contribution < 1.29 is 39.1 Å². The van der Waals surface area contributed by atoms with E-state index in [0.717, 1.165) is 6.42 Å². The molecule has 0 spiro atoms. The molecule has 0 saturated carbocycles. The van der Waals surface area contributed by atoms with E-state index in [4.69, 9.17) is 0 Å². The van der Waals surface area contributed by atoms with Crippen LogP contribution in [0, 0.1) is 11.8 Å². The normalized spacial score (nSPS) is 9.82. The van der Waals surface area contributed by atoms with Gasteiger partial charge in [0.1, 0.15) is 0 Å². The first-order chi connectivity index (χ1) is 4.34. The number of hydrogen-bond acceptors (Lipinski definition) is 2. The standard InChI is InChI=1S/C8H13O2.Na/c1-6(9)5-7(10)8(2,3)4;/h5H,1-4H3;/q-1;+1. The van der Waals surface area contributed by atoms with Crippen molar-refractivity contribution in [1.29, 1.82) is 0 Å². The third kappa shape index (κ3) is 6.60. The SMILES string of the molecule is CC(=O)[CH-]C(=O)C(C)(C)C.[Na+]. The number of hydrogen-bond donors (Lipinski definition) is 0. The maximum absolute atomic E-state index is 11.0. The zero-order valence-electron chi connectivity index (χ0n) is 7.89. The zero-order valence-corrected chi connectivity index (χ0v) is 9.89. The molecule has 3 heteroatoms. The Morgan fingerprint density at radius 2 is 1.55 bits per heavy atom. The molecule has 0 heterocycles. The Hall–Kier alpha value is 0.210. The van der Waals surface area contributed by atoms with E-state index in [2.05, 4.69) is 0 Å². The average molecular weight is 164 g/mol. The topological polar surface area (TPSA) is 34.1 Å². The Balaban J connectivity index is 0. The van der Waals surface area contributed by atoms with Gasteiger partial charge in [-0.05, 0) is 12.3 Å². The Morgan fingerprint density at radius 1 is 1.18 bits per heavy atom. The molecule has 0 saturated heterocycles. The van der Waals surface area contributed by atoms with Crippen LogP contribution < -0.4 is 29.6 Å². The smallest absolute Gasteiger partial charge is 0.334 e. The summed E-state index contributed by atoms with van der Waals surface area (Å²) in [5, 5.41) is 0. The van der Waals surface area contributed by atoms with Gasteiger partial charge in [0.15, 0.2) is 0 Å². The second-order valence-electron chi connectivity index (χ2n) is 3.37. The zero-order chi connectivity index (χ0) is 8.36. The van der Waals surface area contributed by atoms with E-state index in [1.54, 1.807) is 20.8 Å². The van der Waals surface area contributed by atoms with Crippen LogP contribution in [-0.2, 0) is 9.59 Å². The number of rotatable bonds is 2. The van der Waals surface area contributed by atoms with Crippen LogP contribution in [-0.4, -0.2) is 11.6 Å². The molecule has 11 heavy (non-hydrogen) atoms. The van der Waals surface area contributed by atoms with Crippen LogP contribution in [0.1, 0.15) is 27.7 Å². The van der Waals surface area contributed by atoms with Crippen molar-refractivity contribution in [3.63, 3.8) is 0 Å². The van der Waals surface area contributed by atoms with Gasteiger partial charge in [0.25, 0.3) is 0 Å². The van der Waals surface area contributed by atoms with E-state index in [0.29, 0.717) is 0 Å². The van der Waals surface area contributed by atoms with Crippen molar-refractivity contribution in [2.45, 2.75) is 27.7 Å². The molecule has 0 aliphatic carbocycles. The largest absolute Gasteiger partial charge is 1.00 e. The van der Waals surface area contributed by atoms with Crippen molar-refractivity contribution in [3.05, 3.63) is 6.42 Å². The molecule has 0 aromatic carbocycles. The molecule has 0 amide bonds. The third-order valence-corrected chi connectivity index (χ3v) is 1.07. The summed E-state index contributed by atoms with van der Waals surface area (Å²) in [5.74, 6) is -0.292. The molecule has 0 radical (unpaired) electrons. The monoisotopic (exact) mass is 164 g/mol. The van der Waals surface area contributed by atoms with E-state index in [9.17, 15) is 9.59 Å². The van der Waals surface area contributed by atoms with Gasteiger partial charge >= 0.3 is 29.6 Å². The first kappa shape index (κ1) is 13.8. The number of carbonyl (C=O) groups excluding carboxylic acids is 2. The number of Topliss-reactive ketones (excluding diaryl/α,β-unsaturated/α-hetero) is 2. The van der Waals surface area contributed by atoms with Gasteiger partial charge in [-0.1, -0.05) is 20.8 Å². The van der Waals surface area contributed by atoms with Crippen molar-refractivity contribution >= 4 is 11.6 Å². The van der Waals surface area contributed by atoms with Gasteiger partial charge < -0.3 is 9.59 Å². The third-order valence-electron chi connectivity index (χ3n) is 1.07. The van der Waals surface area contributed by atoms with Crippen LogP contribution in [0.4, 0.5) is 0 Å². The van der Waals surface area contributed by atoms with Gasteiger partial charge in [-0.15, -0.1) is 0 Å². The summed E-state index contributed by atoms with van der Waals surface area (Å²) in [5.41, 5.74) is -0.425. The minimum Gasteiger partial charge on any atom is -0.334 e. The average Bonchev–Trinajstić information content (AvgIpc) is 1.60. The fourth-order valence-electron chi connectivity index (χ4n) is 0.401. The molecule has 0 aliphatic heterocycles. The van der Waals surface area contributed by atoms with E-state index in [-0.39, 0.29) is 41.1 Å². The van der Waals surface area contributed by atoms with Gasteiger partial charge in [0.2, 0.25) is 0 Å². The van der Waals surface area contributed by atoms with Gasteiger partial charge in [-0.2, -0.15) is 0 Å². The van der Waals surface area contributed by atoms with E-state index in [1.165, 1.54) is 6.92 Å². The van der Waals surface area contributed by atoms with Gasteiger partial charge in [0.05, 0.1) is 0 Å². The predicted molar refractivity (Wildman–Crippen MR) is 39.4 cm³/mol. The summed E-state index contributed by atoms with van der Waals surface area (Å²) in [6.07, 6.45) is 1.14. The van der Waals surface area contributed by atoms with Crippen LogP contribution >= 0.6 is 0 Å². The molecule has 0 fully saturated rings. The summed E-state index contributed by atoms with van der Waals surface area (Å²) in [6.45, 7) is 6.74. The molecule has 0 atom stereocenters. The molecule has 0 rings (SSSR count). The van der Waals surface area contributed by atoms with Crippen molar-refractivity contribution in [1.82, 2.24) is 0 Å². The Bertz CT molecular complexity index is 156. The first-order valence-corrected chi connectivity index (χ1v) is 3.24. The predicted octanol–water partition coefficient (Wildman–Crippen LogP) is -1.60. The number of carbonyl (C=O) groups is 2. The Kier molecular flexibility index (Phi) is 6.22. The van der Waals surface area contributed by atoms with Crippen molar-refractivity contribution in [2.75, 3.05) is 0 Å². The van der Waals surface area contributed by atoms with Crippen molar-refractivity contribution in [3.8, 4) is 0 Å².